The van der Waals surface area contributed by atoms with Crippen LogP contribution in [0, 0.1) is 19.7 Å². The summed E-state index contributed by atoms with van der Waals surface area (Å²) in [5.74, 6) is -1.47. The molecule has 166 valence electrons. The lowest BCUT2D eigenvalue weighted by Crippen LogP contribution is -2.16. The number of pyridine rings is 1. The molecule has 0 bridgehead atoms. The van der Waals surface area contributed by atoms with E-state index in [0.717, 1.165) is 17.3 Å². The number of aromatic nitrogens is 2. The highest BCUT2D eigenvalue weighted by atomic mass is 32.2. The number of halogens is 1. The van der Waals surface area contributed by atoms with Crippen molar-refractivity contribution < 1.29 is 28.0 Å². The van der Waals surface area contributed by atoms with Gasteiger partial charge in [0.05, 0.1) is 16.8 Å². The van der Waals surface area contributed by atoms with Crippen LogP contribution in [-0.2, 0) is 15.3 Å². The fourth-order valence-electron chi connectivity index (χ4n) is 2.82. The van der Waals surface area contributed by atoms with Crippen molar-refractivity contribution in [3.05, 3.63) is 70.5 Å². The Balaban J connectivity index is 1.65. The van der Waals surface area contributed by atoms with Gasteiger partial charge >= 0.3 is 5.97 Å². The fraction of sp³-hybridized carbons (Fsp3) is 0.227. The lowest BCUT2D eigenvalue weighted by atomic mass is 10.1. The fourth-order valence-corrected chi connectivity index (χ4v) is 3.95. The third-order valence-electron chi connectivity index (χ3n) is 4.45. The number of nitrogens with zero attached hydrogens (tertiary/aromatic N) is 2. The molecule has 0 saturated carbocycles. The second-order valence-electron chi connectivity index (χ2n) is 6.82. The summed E-state index contributed by atoms with van der Waals surface area (Å²) in [6.07, 6.45) is 1.55. The van der Waals surface area contributed by atoms with Gasteiger partial charge in [-0.05, 0) is 44.2 Å². The van der Waals surface area contributed by atoms with E-state index in [0.29, 0.717) is 16.5 Å². The minimum absolute atomic E-state index is 0.193. The molecular weight excluding hydrogens is 437 g/mol. The molecular formula is C22H20FN3O5S. The number of carbonyl (C=O) groups is 3. The summed E-state index contributed by atoms with van der Waals surface area (Å²) < 4.78 is 24.5. The van der Waals surface area contributed by atoms with Crippen molar-refractivity contribution >= 4 is 35.1 Å². The number of esters is 1. The number of carbonyl (C=O) groups excluding carboxylic acids is 3. The summed E-state index contributed by atoms with van der Waals surface area (Å²) in [6.45, 7) is 4.28. The lowest BCUT2D eigenvalue weighted by molar-refractivity contribution is -0.114. The van der Waals surface area contributed by atoms with Crippen LogP contribution in [0.4, 0.5) is 10.1 Å². The van der Waals surface area contributed by atoms with Gasteiger partial charge in [0.25, 0.3) is 0 Å². The molecule has 0 aliphatic carbocycles. The van der Waals surface area contributed by atoms with E-state index >= 15 is 0 Å². The van der Waals surface area contributed by atoms with Gasteiger partial charge < -0.3 is 14.6 Å². The van der Waals surface area contributed by atoms with Crippen LogP contribution in [0.15, 0.2) is 46.1 Å². The highest BCUT2D eigenvalue weighted by Gasteiger charge is 2.19. The molecule has 1 amide bonds. The van der Waals surface area contributed by atoms with Crippen LogP contribution in [0.3, 0.4) is 0 Å². The van der Waals surface area contributed by atoms with Crippen molar-refractivity contribution in [1.29, 1.82) is 0 Å². The third kappa shape index (κ3) is 5.58. The van der Waals surface area contributed by atoms with Gasteiger partial charge in [0.15, 0.2) is 6.61 Å². The molecule has 0 unspecified atom stereocenters. The maximum atomic E-state index is 14.2. The molecule has 3 aromatic rings. The first-order chi connectivity index (χ1) is 15.3. The van der Waals surface area contributed by atoms with E-state index in [2.05, 4.69) is 15.5 Å². The molecule has 0 radical (unpaired) electrons. The quantitative estimate of drug-likeness (QED) is 0.306. The largest absolute Gasteiger partial charge is 0.454 e. The molecule has 0 atom stereocenters. The van der Waals surface area contributed by atoms with E-state index < -0.39 is 24.2 Å². The average molecular weight is 457 g/mol. The van der Waals surface area contributed by atoms with Gasteiger partial charge in [-0.15, -0.1) is 11.8 Å². The van der Waals surface area contributed by atoms with Crippen LogP contribution in [0.5, 0.6) is 0 Å². The number of ketones is 1. The molecule has 2 aromatic heterocycles. The van der Waals surface area contributed by atoms with Crippen LogP contribution in [0.1, 0.15) is 44.7 Å². The van der Waals surface area contributed by atoms with Crippen LogP contribution in [-0.4, -0.2) is 34.4 Å². The molecule has 0 aliphatic heterocycles. The maximum absolute atomic E-state index is 14.2. The Hall–Kier alpha value is -3.53. The average Bonchev–Trinajstić information content (AvgIpc) is 3.07. The van der Waals surface area contributed by atoms with E-state index in [1.165, 1.54) is 36.9 Å². The first-order valence-electron chi connectivity index (χ1n) is 9.53. The van der Waals surface area contributed by atoms with Gasteiger partial charge in [0, 0.05) is 30.1 Å². The molecule has 2 heterocycles. The highest BCUT2D eigenvalue weighted by Crippen LogP contribution is 2.27. The van der Waals surface area contributed by atoms with Crippen molar-refractivity contribution in [1.82, 2.24) is 10.1 Å². The SMILES string of the molecule is CC(=O)Nc1ccc(C(=O)COC(=O)c2cccnc2SCc2c(C)noc2C)c(F)c1. The molecule has 8 nitrogen and oxygen atoms in total. The number of hydrogen-bond acceptors (Lipinski definition) is 8. The van der Waals surface area contributed by atoms with Gasteiger partial charge in [-0.2, -0.15) is 0 Å². The number of ether oxygens (including phenoxy) is 1. The zero-order valence-electron chi connectivity index (χ0n) is 17.6. The smallest absolute Gasteiger partial charge is 0.341 e. The van der Waals surface area contributed by atoms with E-state index in [1.807, 2.05) is 6.92 Å². The van der Waals surface area contributed by atoms with Crippen molar-refractivity contribution in [2.75, 3.05) is 11.9 Å². The van der Waals surface area contributed by atoms with Gasteiger partial charge in [0.1, 0.15) is 16.6 Å². The van der Waals surface area contributed by atoms with Crippen LogP contribution < -0.4 is 5.32 Å². The Morgan fingerprint density at radius 2 is 1.97 bits per heavy atom. The van der Waals surface area contributed by atoms with E-state index in [1.54, 1.807) is 19.2 Å². The number of aryl methyl sites for hydroxylation is 2. The number of thioether (sulfide) groups is 1. The molecule has 3 rings (SSSR count). The maximum Gasteiger partial charge on any atom is 0.341 e. The molecule has 0 aliphatic rings. The molecule has 0 saturated heterocycles. The zero-order chi connectivity index (χ0) is 23.3. The molecule has 1 N–H and O–H groups in total. The summed E-state index contributed by atoms with van der Waals surface area (Å²) in [6, 6.07) is 6.77. The highest BCUT2D eigenvalue weighted by molar-refractivity contribution is 7.98. The second-order valence-corrected chi connectivity index (χ2v) is 7.79. The second kappa shape index (κ2) is 10.2. The number of amides is 1. The third-order valence-corrected chi connectivity index (χ3v) is 5.48. The van der Waals surface area contributed by atoms with Gasteiger partial charge in [-0.3, -0.25) is 9.59 Å². The van der Waals surface area contributed by atoms with Gasteiger partial charge in [-0.25, -0.2) is 14.2 Å². The Labute approximate surface area is 187 Å². The summed E-state index contributed by atoms with van der Waals surface area (Å²) in [5, 5.41) is 6.75. The number of rotatable bonds is 8. The molecule has 1 aromatic carbocycles. The molecule has 0 spiro atoms. The number of hydrogen-bond donors (Lipinski definition) is 1. The predicted octanol–water partition coefficient (Wildman–Crippen LogP) is 4.12. The zero-order valence-corrected chi connectivity index (χ0v) is 18.4. The van der Waals surface area contributed by atoms with Crippen LogP contribution in [0.2, 0.25) is 0 Å². The van der Waals surface area contributed by atoms with E-state index in [4.69, 9.17) is 9.26 Å². The normalized spacial score (nSPS) is 10.6. The topological polar surface area (TPSA) is 111 Å². The van der Waals surface area contributed by atoms with Gasteiger partial charge in [0.2, 0.25) is 11.7 Å². The molecule has 0 fully saturated rings. The van der Waals surface area contributed by atoms with Crippen LogP contribution >= 0.6 is 11.8 Å². The molecule has 32 heavy (non-hydrogen) atoms. The summed E-state index contributed by atoms with van der Waals surface area (Å²) in [4.78, 5) is 40.2. The van der Waals surface area contributed by atoms with Crippen LogP contribution in [0.25, 0.3) is 0 Å². The van der Waals surface area contributed by atoms with Crippen molar-refractivity contribution in [3.63, 3.8) is 0 Å². The van der Waals surface area contributed by atoms with E-state index in [-0.39, 0.29) is 22.7 Å². The molecule has 10 heteroatoms. The Kier molecular flexibility index (Phi) is 7.37. The predicted molar refractivity (Wildman–Crippen MR) is 115 cm³/mol. The lowest BCUT2D eigenvalue weighted by Gasteiger charge is -2.09. The number of benzene rings is 1. The first-order valence-corrected chi connectivity index (χ1v) is 10.5. The number of nitrogens with one attached hydrogen (secondary N) is 1. The van der Waals surface area contributed by atoms with Crippen molar-refractivity contribution in [2.24, 2.45) is 0 Å². The summed E-state index contributed by atoms with van der Waals surface area (Å²) >= 11 is 1.31. The van der Waals surface area contributed by atoms with Crippen molar-refractivity contribution in [2.45, 2.75) is 31.6 Å². The summed E-state index contributed by atoms with van der Waals surface area (Å²) in [7, 11) is 0. The minimum atomic E-state index is -0.825. The Morgan fingerprint density at radius 1 is 1.19 bits per heavy atom. The monoisotopic (exact) mass is 457 g/mol. The Morgan fingerprint density at radius 3 is 2.62 bits per heavy atom. The standard InChI is InChI=1S/C22H20FN3O5S/c1-12-18(13(2)31-26-12)11-32-21-17(5-4-8-24-21)22(29)30-10-20(28)16-7-6-15(9-19(16)23)25-14(3)27/h4-9H,10-11H2,1-3H3,(H,25,27). The summed E-state index contributed by atoms with van der Waals surface area (Å²) in [5.41, 5.74) is 1.84. The minimum Gasteiger partial charge on any atom is -0.454 e. The number of anilines is 1. The van der Waals surface area contributed by atoms with Gasteiger partial charge in [-0.1, -0.05) is 5.16 Å². The first kappa shape index (κ1) is 23.1. The van der Waals surface area contributed by atoms with E-state index in [9.17, 15) is 18.8 Å². The number of Topliss-reactive ketones (excluding diaryl/α,β-unsaturated/α-hetero) is 1. The Bertz CT molecular complexity index is 1160. The van der Waals surface area contributed by atoms with Crippen molar-refractivity contribution in [3.8, 4) is 0 Å².